The van der Waals surface area contributed by atoms with Crippen LogP contribution >= 0.6 is 0 Å². The fraction of sp³-hybridized carbons (Fsp3) is 0.438. The minimum atomic E-state index is 0.353. The summed E-state index contributed by atoms with van der Waals surface area (Å²) in [5.41, 5.74) is 0. The highest BCUT2D eigenvalue weighted by molar-refractivity contribution is 5.79. The van der Waals surface area contributed by atoms with E-state index in [4.69, 9.17) is 14.0 Å². The van der Waals surface area contributed by atoms with Gasteiger partial charge in [0.15, 0.2) is 11.8 Å². The number of aromatic nitrogens is 2. The Bertz CT molecular complexity index is 639. The van der Waals surface area contributed by atoms with Crippen LogP contribution < -0.4 is 20.1 Å². The van der Waals surface area contributed by atoms with Crippen LogP contribution in [0.15, 0.2) is 33.8 Å². The zero-order valence-electron chi connectivity index (χ0n) is 14.2. The minimum Gasteiger partial charge on any atom is -0.497 e. The lowest BCUT2D eigenvalue weighted by atomic mass is 10.3. The molecule has 1 aromatic carbocycles. The standard InChI is InChI=1S/C16H23N5O3/c1-4-17-16(19-11-15-20-12(2)24-21-15)18-9-10-23-14-7-5-13(22-3)6-8-14/h5-8H,4,9-11H2,1-3H3,(H2,17,18,19). The van der Waals surface area contributed by atoms with Crippen LogP contribution in [0.3, 0.4) is 0 Å². The summed E-state index contributed by atoms with van der Waals surface area (Å²) in [6.45, 7) is 5.99. The first-order valence-corrected chi connectivity index (χ1v) is 7.79. The molecule has 0 fully saturated rings. The SMILES string of the molecule is CCNC(=NCc1noc(C)n1)NCCOc1ccc(OC)cc1. The van der Waals surface area contributed by atoms with E-state index in [9.17, 15) is 0 Å². The Labute approximate surface area is 141 Å². The number of nitrogens with one attached hydrogen (secondary N) is 2. The van der Waals surface area contributed by atoms with E-state index in [0.717, 1.165) is 18.0 Å². The fourth-order valence-corrected chi connectivity index (χ4v) is 1.91. The molecular formula is C16H23N5O3. The number of rotatable bonds is 8. The van der Waals surface area contributed by atoms with Crippen molar-refractivity contribution >= 4 is 5.96 Å². The van der Waals surface area contributed by atoms with Crippen LogP contribution in [0.2, 0.25) is 0 Å². The number of methoxy groups -OCH3 is 1. The normalized spacial score (nSPS) is 11.2. The summed E-state index contributed by atoms with van der Waals surface area (Å²) in [4.78, 5) is 8.52. The molecule has 0 radical (unpaired) electrons. The molecule has 0 amide bonds. The summed E-state index contributed by atoms with van der Waals surface area (Å²) in [6.07, 6.45) is 0. The third-order valence-corrected chi connectivity index (χ3v) is 3.02. The van der Waals surface area contributed by atoms with Crippen molar-refractivity contribution in [1.82, 2.24) is 20.8 Å². The molecule has 130 valence electrons. The highest BCUT2D eigenvalue weighted by Gasteiger charge is 2.02. The number of nitrogens with zero attached hydrogens (tertiary/aromatic N) is 3. The van der Waals surface area contributed by atoms with Crippen LogP contribution in [0.5, 0.6) is 11.5 Å². The van der Waals surface area contributed by atoms with Crippen molar-refractivity contribution in [3.63, 3.8) is 0 Å². The minimum absolute atomic E-state index is 0.353. The number of guanidine groups is 1. The molecule has 24 heavy (non-hydrogen) atoms. The topological polar surface area (TPSA) is 93.8 Å². The Balaban J connectivity index is 1.75. The van der Waals surface area contributed by atoms with Crippen LogP contribution in [0.1, 0.15) is 18.6 Å². The Morgan fingerprint density at radius 3 is 2.58 bits per heavy atom. The van der Waals surface area contributed by atoms with Crippen molar-refractivity contribution in [2.45, 2.75) is 20.4 Å². The molecule has 2 aromatic rings. The van der Waals surface area contributed by atoms with E-state index < -0.39 is 0 Å². The molecule has 1 heterocycles. The van der Waals surface area contributed by atoms with Crippen LogP contribution in [0, 0.1) is 6.92 Å². The largest absolute Gasteiger partial charge is 0.497 e. The molecule has 0 unspecified atom stereocenters. The molecule has 0 atom stereocenters. The maximum atomic E-state index is 5.66. The molecule has 1 aromatic heterocycles. The first-order chi connectivity index (χ1) is 11.7. The van der Waals surface area contributed by atoms with Gasteiger partial charge in [-0.05, 0) is 31.2 Å². The summed E-state index contributed by atoms with van der Waals surface area (Å²) < 4.78 is 15.7. The molecule has 0 aliphatic carbocycles. The third kappa shape index (κ3) is 5.79. The van der Waals surface area contributed by atoms with Gasteiger partial charge in [-0.15, -0.1) is 0 Å². The summed E-state index contributed by atoms with van der Waals surface area (Å²) in [5, 5.41) is 10.2. The Hall–Kier alpha value is -2.77. The van der Waals surface area contributed by atoms with Crippen molar-refractivity contribution in [2.75, 3.05) is 26.8 Å². The van der Waals surface area contributed by atoms with Gasteiger partial charge in [0.05, 0.1) is 13.7 Å². The average Bonchev–Trinajstić information content (AvgIpc) is 3.02. The predicted molar refractivity (Wildman–Crippen MR) is 90.3 cm³/mol. The van der Waals surface area contributed by atoms with E-state index in [1.807, 2.05) is 31.2 Å². The van der Waals surface area contributed by atoms with Gasteiger partial charge in [0.25, 0.3) is 0 Å². The monoisotopic (exact) mass is 333 g/mol. The van der Waals surface area contributed by atoms with Gasteiger partial charge >= 0.3 is 0 Å². The molecule has 0 aliphatic rings. The third-order valence-electron chi connectivity index (χ3n) is 3.02. The van der Waals surface area contributed by atoms with E-state index >= 15 is 0 Å². The van der Waals surface area contributed by atoms with Crippen molar-refractivity contribution in [2.24, 2.45) is 4.99 Å². The smallest absolute Gasteiger partial charge is 0.223 e. The molecule has 8 nitrogen and oxygen atoms in total. The number of ether oxygens (including phenoxy) is 2. The van der Waals surface area contributed by atoms with Gasteiger partial charge in [0.1, 0.15) is 24.7 Å². The molecule has 0 saturated heterocycles. The molecule has 0 spiro atoms. The summed E-state index contributed by atoms with van der Waals surface area (Å²) in [7, 11) is 1.64. The van der Waals surface area contributed by atoms with Crippen LogP contribution in [0.25, 0.3) is 0 Å². The second kappa shape index (κ2) is 9.39. The lowest BCUT2D eigenvalue weighted by Gasteiger charge is -2.12. The van der Waals surface area contributed by atoms with Crippen LogP contribution in [0.4, 0.5) is 0 Å². The van der Waals surface area contributed by atoms with Gasteiger partial charge in [0, 0.05) is 13.5 Å². The maximum absolute atomic E-state index is 5.66. The number of hydrogen-bond acceptors (Lipinski definition) is 6. The first-order valence-electron chi connectivity index (χ1n) is 7.79. The van der Waals surface area contributed by atoms with Gasteiger partial charge in [-0.1, -0.05) is 5.16 Å². The number of benzene rings is 1. The Morgan fingerprint density at radius 1 is 1.21 bits per heavy atom. The van der Waals surface area contributed by atoms with Crippen molar-refractivity contribution in [3.05, 3.63) is 36.0 Å². The van der Waals surface area contributed by atoms with E-state index in [1.54, 1.807) is 14.0 Å². The highest BCUT2D eigenvalue weighted by Crippen LogP contribution is 2.16. The molecule has 0 bridgehead atoms. The van der Waals surface area contributed by atoms with E-state index in [1.165, 1.54) is 0 Å². The molecule has 0 aliphatic heterocycles. The van der Waals surface area contributed by atoms with Gasteiger partial charge < -0.3 is 24.6 Å². The quantitative estimate of drug-likeness (QED) is 0.430. The molecule has 0 saturated carbocycles. The lowest BCUT2D eigenvalue weighted by molar-refractivity contribution is 0.321. The summed E-state index contributed by atoms with van der Waals surface area (Å²) in [5.74, 6) is 3.36. The highest BCUT2D eigenvalue weighted by atomic mass is 16.5. The van der Waals surface area contributed by atoms with Crippen molar-refractivity contribution in [3.8, 4) is 11.5 Å². The lowest BCUT2D eigenvalue weighted by Crippen LogP contribution is -2.39. The second-order valence-electron chi connectivity index (χ2n) is 4.88. The van der Waals surface area contributed by atoms with Crippen LogP contribution in [-0.2, 0) is 6.54 Å². The summed E-state index contributed by atoms with van der Waals surface area (Å²) in [6, 6.07) is 7.47. The Kier molecular flexibility index (Phi) is 6.88. The molecule has 8 heteroatoms. The number of aryl methyl sites for hydroxylation is 1. The maximum Gasteiger partial charge on any atom is 0.223 e. The summed E-state index contributed by atoms with van der Waals surface area (Å²) >= 11 is 0. The number of aliphatic imine (C=N–C) groups is 1. The zero-order valence-corrected chi connectivity index (χ0v) is 14.2. The van der Waals surface area contributed by atoms with E-state index in [2.05, 4.69) is 25.8 Å². The molecule has 2 rings (SSSR count). The zero-order chi connectivity index (χ0) is 17.2. The van der Waals surface area contributed by atoms with Gasteiger partial charge in [-0.25, -0.2) is 4.99 Å². The van der Waals surface area contributed by atoms with Crippen molar-refractivity contribution < 1.29 is 14.0 Å². The van der Waals surface area contributed by atoms with Gasteiger partial charge in [-0.2, -0.15) is 4.98 Å². The fourth-order valence-electron chi connectivity index (χ4n) is 1.91. The molecule has 2 N–H and O–H groups in total. The van der Waals surface area contributed by atoms with Gasteiger partial charge in [0.2, 0.25) is 5.89 Å². The Morgan fingerprint density at radius 2 is 1.96 bits per heavy atom. The number of hydrogen-bond donors (Lipinski definition) is 2. The molecular weight excluding hydrogens is 310 g/mol. The second-order valence-corrected chi connectivity index (χ2v) is 4.88. The van der Waals surface area contributed by atoms with Crippen LogP contribution in [-0.4, -0.2) is 42.9 Å². The predicted octanol–water partition coefficient (Wildman–Crippen LogP) is 1.52. The van der Waals surface area contributed by atoms with Gasteiger partial charge in [-0.3, -0.25) is 0 Å². The van der Waals surface area contributed by atoms with E-state index in [0.29, 0.717) is 37.4 Å². The van der Waals surface area contributed by atoms with Crippen molar-refractivity contribution in [1.29, 1.82) is 0 Å². The first kappa shape index (κ1) is 17.6. The van der Waals surface area contributed by atoms with E-state index in [-0.39, 0.29) is 0 Å². The average molecular weight is 333 g/mol.